The van der Waals surface area contributed by atoms with Gasteiger partial charge in [-0.05, 0) is 30.9 Å². The van der Waals surface area contributed by atoms with Crippen LogP contribution in [0.1, 0.15) is 32.8 Å². The first kappa shape index (κ1) is 15.2. The molecule has 0 radical (unpaired) electrons. The van der Waals surface area contributed by atoms with Crippen LogP contribution in [0.2, 0.25) is 0 Å². The molecular weight excluding hydrogens is 248 g/mol. The molecule has 1 rings (SSSR count). The second kappa shape index (κ2) is 6.34. The summed E-state index contributed by atoms with van der Waals surface area (Å²) in [7, 11) is -3.62. The highest BCUT2D eigenvalue weighted by molar-refractivity contribution is 7.86. The lowest BCUT2D eigenvalue weighted by Gasteiger charge is -2.18. The van der Waals surface area contributed by atoms with Gasteiger partial charge in [-0.2, -0.15) is 8.42 Å². The van der Waals surface area contributed by atoms with Crippen LogP contribution in [0.4, 0.5) is 0 Å². The van der Waals surface area contributed by atoms with Gasteiger partial charge in [-0.1, -0.05) is 44.9 Å². The Morgan fingerprint density at radius 1 is 1.17 bits per heavy atom. The van der Waals surface area contributed by atoms with Crippen LogP contribution < -0.4 is 0 Å². The molecule has 3 nitrogen and oxygen atoms in total. The van der Waals surface area contributed by atoms with Gasteiger partial charge in [0.2, 0.25) is 0 Å². The van der Waals surface area contributed by atoms with Gasteiger partial charge in [0.1, 0.15) is 0 Å². The van der Waals surface area contributed by atoms with E-state index in [4.69, 9.17) is 4.18 Å². The molecule has 1 aromatic carbocycles. The van der Waals surface area contributed by atoms with Gasteiger partial charge in [-0.25, -0.2) is 0 Å². The largest absolute Gasteiger partial charge is 0.296 e. The molecule has 0 N–H and O–H groups in total. The minimum atomic E-state index is -3.62. The summed E-state index contributed by atoms with van der Waals surface area (Å²) in [5, 5.41) is 0. The fourth-order valence-corrected chi connectivity index (χ4v) is 2.69. The quantitative estimate of drug-likeness (QED) is 0.744. The van der Waals surface area contributed by atoms with Crippen molar-refractivity contribution in [2.75, 3.05) is 6.61 Å². The second-order valence-corrected chi connectivity index (χ2v) is 6.58. The van der Waals surface area contributed by atoms with Crippen molar-refractivity contribution in [3.8, 4) is 0 Å². The molecule has 18 heavy (non-hydrogen) atoms. The Balaban J connectivity index is 2.73. The van der Waals surface area contributed by atoms with Crippen LogP contribution in [-0.4, -0.2) is 15.0 Å². The minimum Gasteiger partial charge on any atom is -0.266 e. The highest BCUT2D eigenvalue weighted by Crippen LogP contribution is 2.19. The van der Waals surface area contributed by atoms with Gasteiger partial charge in [-0.15, -0.1) is 0 Å². The minimum absolute atomic E-state index is 0.228. The third kappa shape index (κ3) is 4.10. The number of benzene rings is 1. The zero-order valence-corrected chi connectivity index (χ0v) is 12.3. The van der Waals surface area contributed by atoms with Gasteiger partial charge in [0.15, 0.2) is 0 Å². The summed E-state index contributed by atoms with van der Waals surface area (Å²) in [5.41, 5.74) is 1.03. The van der Waals surface area contributed by atoms with E-state index in [1.165, 1.54) is 0 Å². The maximum absolute atomic E-state index is 12.0. The fraction of sp³-hybridized carbons (Fsp3) is 0.571. The standard InChI is InChI=1S/C14H22O3S/c1-5-13(11(2)3)10-17-18(15,16)14-8-6-12(4)7-9-14/h6-9,11,13H,5,10H2,1-4H3/t13-/m1/s1. The molecule has 0 amide bonds. The number of rotatable bonds is 6. The second-order valence-electron chi connectivity index (χ2n) is 4.96. The van der Waals surface area contributed by atoms with Gasteiger partial charge >= 0.3 is 0 Å². The van der Waals surface area contributed by atoms with E-state index in [0.29, 0.717) is 5.92 Å². The fourth-order valence-electron chi connectivity index (χ4n) is 1.73. The van der Waals surface area contributed by atoms with E-state index in [-0.39, 0.29) is 17.4 Å². The van der Waals surface area contributed by atoms with E-state index in [9.17, 15) is 8.42 Å². The molecule has 0 heterocycles. The summed E-state index contributed by atoms with van der Waals surface area (Å²) >= 11 is 0. The van der Waals surface area contributed by atoms with Crippen LogP contribution >= 0.6 is 0 Å². The lowest BCUT2D eigenvalue weighted by Crippen LogP contribution is -2.18. The van der Waals surface area contributed by atoms with Crippen LogP contribution in [0.5, 0.6) is 0 Å². The van der Waals surface area contributed by atoms with E-state index >= 15 is 0 Å². The van der Waals surface area contributed by atoms with E-state index in [1.807, 2.05) is 13.8 Å². The van der Waals surface area contributed by atoms with Crippen molar-refractivity contribution < 1.29 is 12.6 Å². The molecule has 0 bridgehead atoms. The van der Waals surface area contributed by atoms with Gasteiger partial charge in [0, 0.05) is 0 Å². The average molecular weight is 270 g/mol. The van der Waals surface area contributed by atoms with Gasteiger partial charge < -0.3 is 0 Å². The maximum Gasteiger partial charge on any atom is 0.296 e. The molecule has 0 aliphatic rings. The third-order valence-corrected chi connectivity index (χ3v) is 4.51. The maximum atomic E-state index is 12.0. The molecule has 102 valence electrons. The van der Waals surface area contributed by atoms with Crippen molar-refractivity contribution >= 4 is 10.1 Å². The smallest absolute Gasteiger partial charge is 0.266 e. The molecule has 0 aliphatic heterocycles. The zero-order valence-electron chi connectivity index (χ0n) is 11.5. The molecule has 0 aliphatic carbocycles. The van der Waals surface area contributed by atoms with Crippen molar-refractivity contribution in [2.45, 2.75) is 39.0 Å². The highest BCUT2D eigenvalue weighted by Gasteiger charge is 2.19. The number of hydrogen-bond acceptors (Lipinski definition) is 3. The van der Waals surface area contributed by atoms with E-state index in [1.54, 1.807) is 24.3 Å². The Morgan fingerprint density at radius 3 is 2.17 bits per heavy atom. The summed E-state index contributed by atoms with van der Waals surface area (Å²) in [5.74, 6) is 0.688. The number of hydrogen-bond donors (Lipinski definition) is 0. The summed E-state index contributed by atoms with van der Waals surface area (Å²) < 4.78 is 29.1. The van der Waals surface area contributed by atoms with Gasteiger partial charge in [0.05, 0.1) is 11.5 Å². The first-order chi connectivity index (χ1) is 8.36. The Labute approximate surface area is 110 Å². The zero-order chi connectivity index (χ0) is 13.8. The van der Waals surface area contributed by atoms with Crippen LogP contribution in [-0.2, 0) is 14.3 Å². The van der Waals surface area contributed by atoms with Crippen LogP contribution in [0, 0.1) is 18.8 Å². The molecule has 1 aromatic rings. The summed E-state index contributed by atoms with van der Waals surface area (Å²) in [6, 6.07) is 6.72. The molecule has 1 atom stereocenters. The highest BCUT2D eigenvalue weighted by atomic mass is 32.2. The molecule has 0 unspecified atom stereocenters. The lowest BCUT2D eigenvalue weighted by molar-refractivity contribution is 0.210. The first-order valence-corrected chi connectivity index (χ1v) is 7.73. The van der Waals surface area contributed by atoms with Crippen molar-refractivity contribution in [2.24, 2.45) is 11.8 Å². The molecule has 0 spiro atoms. The average Bonchev–Trinajstić information content (AvgIpc) is 2.29. The first-order valence-electron chi connectivity index (χ1n) is 6.33. The monoisotopic (exact) mass is 270 g/mol. The lowest BCUT2D eigenvalue weighted by atomic mass is 9.94. The predicted molar refractivity (Wildman–Crippen MR) is 72.9 cm³/mol. The third-order valence-electron chi connectivity index (χ3n) is 3.21. The topological polar surface area (TPSA) is 43.4 Å². The van der Waals surface area contributed by atoms with Crippen molar-refractivity contribution in [1.82, 2.24) is 0 Å². The van der Waals surface area contributed by atoms with E-state index in [2.05, 4.69) is 13.8 Å². The molecule has 0 saturated heterocycles. The van der Waals surface area contributed by atoms with Crippen molar-refractivity contribution in [3.05, 3.63) is 29.8 Å². The summed E-state index contributed by atoms with van der Waals surface area (Å²) in [6.45, 7) is 8.38. The Bertz CT molecular complexity index is 460. The van der Waals surface area contributed by atoms with Crippen molar-refractivity contribution in [1.29, 1.82) is 0 Å². The van der Waals surface area contributed by atoms with Crippen molar-refractivity contribution in [3.63, 3.8) is 0 Å². The molecular formula is C14H22O3S. The van der Waals surface area contributed by atoms with Crippen LogP contribution in [0.15, 0.2) is 29.2 Å². The molecule has 0 aromatic heterocycles. The van der Waals surface area contributed by atoms with Gasteiger partial charge in [-0.3, -0.25) is 4.18 Å². The Hall–Kier alpha value is -0.870. The summed E-state index contributed by atoms with van der Waals surface area (Å²) in [4.78, 5) is 0.228. The van der Waals surface area contributed by atoms with Gasteiger partial charge in [0.25, 0.3) is 10.1 Å². The molecule has 0 saturated carbocycles. The predicted octanol–water partition coefficient (Wildman–Crippen LogP) is 3.38. The molecule has 0 fully saturated rings. The van der Waals surface area contributed by atoms with E-state index < -0.39 is 10.1 Å². The molecule has 4 heteroatoms. The van der Waals surface area contributed by atoms with E-state index in [0.717, 1.165) is 12.0 Å². The van der Waals surface area contributed by atoms with Crippen LogP contribution in [0.25, 0.3) is 0 Å². The normalized spacial score (nSPS) is 13.8. The Kier molecular flexibility index (Phi) is 5.35. The summed E-state index contributed by atoms with van der Waals surface area (Å²) in [6.07, 6.45) is 0.918. The SMILES string of the molecule is CC[C@H](COS(=O)(=O)c1ccc(C)cc1)C(C)C. The van der Waals surface area contributed by atoms with Crippen LogP contribution in [0.3, 0.4) is 0 Å². The Morgan fingerprint density at radius 2 is 1.72 bits per heavy atom. The number of aryl methyl sites for hydroxylation is 1.